The topological polar surface area (TPSA) is 91.7 Å². The normalized spacial score (nSPS) is 12.8. The predicted octanol–water partition coefficient (Wildman–Crippen LogP) is 1.82. The molecule has 0 aliphatic heterocycles. The number of anilines is 2. The Balaban J connectivity index is 2.56. The van der Waals surface area contributed by atoms with Crippen LogP contribution in [0.1, 0.15) is 54.9 Å². The molecule has 29 heavy (non-hydrogen) atoms. The van der Waals surface area contributed by atoms with Crippen molar-refractivity contribution in [3.8, 4) is 0 Å². The Kier molecular flexibility index (Phi) is 8.82. The van der Waals surface area contributed by atoms with Crippen molar-refractivity contribution in [3.63, 3.8) is 0 Å². The standard InChI is InChI=1S/C22H36N4O3/c1-8-26(14-20(29)25-22(6,7)15-21(3,4)5)13-19(28)24-18-11-9-17(10-12-18)23-16(2)27/h9-12H,8,13-15H2,1-7H3,(H,23,27)(H,24,28)(H,25,29)/p+1. The molecule has 7 nitrogen and oxygen atoms in total. The molecular formula is C22H37N4O3+. The number of likely N-dealkylation sites (N-methyl/N-ethyl adjacent to an activating group) is 1. The number of quaternary nitrogens is 1. The molecule has 0 fully saturated rings. The van der Waals surface area contributed by atoms with Crippen LogP contribution in [0.3, 0.4) is 0 Å². The molecule has 0 saturated heterocycles. The lowest BCUT2D eigenvalue weighted by Gasteiger charge is -2.33. The Labute approximate surface area is 174 Å². The monoisotopic (exact) mass is 405 g/mol. The first kappa shape index (κ1) is 24.6. The van der Waals surface area contributed by atoms with E-state index in [1.807, 2.05) is 20.8 Å². The van der Waals surface area contributed by atoms with Crippen molar-refractivity contribution in [3.05, 3.63) is 24.3 Å². The molecule has 0 aliphatic carbocycles. The van der Waals surface area contributed by atoms with Crippen LogP contribution in [0, 0.1) is 5.41 Å². The van der Waals surface area contributed by atoms with Gasteiger partial charge in [-0.3, -0.25) is 14.4 Å². The molecule has 0 heterocycles. The van der Waals surface area contributed by atoms with Crippen LogP contribution in [0.4, 0.5) is 11.4 Å². The highest BCUT2D eigenvalue weighted by atomic mass is 16.2. The van der Waals surface area contributed by atoms with E-state index < -0.39 is 0 Å². The number of carbonyl (C=O) groups is 3. The molecule has 7 heteroatoms. The van der Waals surface area contributed by atoms with Gasteiger partial charge in [0.1, 0.15) is 0 Å². The highest BCUT2D eigenvalue weighted by molar-refractivity contribution is 5.92. The first-order valence-electron chi connectivity index (χ1n) is 10.1. The van der Waals surface area contributed by atoms with Gasteiger partial charge in [0, 0.05) is 23.8 Å². The van der Waals surface area contributed by atoms with E-state index in [0.29, 0.717) is 17.9 Å². The zero-order valence-electron chi connectivity index (χ0n) is 18.9. The minimum atomic E-state index is -0.300. The van der Waals surface area contributed by atoms with Gasteiger partial charge in [0.25, 0.3) is 11.8 Å². The number of amides is 3. The molecule has 0 bridgehead atoms. The summed E-state index contributed by atoms with van der Waals surface area (Å²) in [5, 5.41) is 8.61. The first-order chi connectivity index (χ1) is 13.3. The van der Waals surface area contributed by atoms with Crippen LogP contribution in [-0.4, -0.2) is 42.9 Å². The van der Waals surface area contributed by atoms with E-state index in [-0.39, 0.29) is 41.8 Å². The SMILES string of the molecule is CC[NH+](CC(=O)Nc1ccc(NC(C)=O)cc1)CC(=O)NC(C)(C)CC(C)(C)C. The molecule has 162 valence electrons. The molecule has 1 aromatic rings. The Morgan fingerprint density at radius 1 is 0.862 bits per heavy atom. The van der Waals surface area contributed by atoms with Crippen molar-refractivity contribution in [2.75, 3.05) is 30.3 Å². The van der Waals surface area contributed by atoms with Gasteiger partial charge in [0.15, 0.2) is 13.1 Å². The molecule has 1 unspecified atom stereocenters. The average Bonchev–Trinajstić information content (AvgIpc) is 2.52. The first-order valence-corrected chi connectivity index (χ1v) is 10.1. The number of hydrogen-bond donors (Lipinski definition) is 4. The fourth-order valence-corrected chi connectivity index (χ4v) is 3.60. The minimum Gasteiger partial charge on any atom is -0.346 e. The Hall–Kier alpha value is -2.41. The molecule has 4 N–H and O–H groups in total. The van der Waals surface area contributed by atoms with Crippen molar-refractivity contribution < 1.29 is 19.3 Å². The molecule has 3 amide bonds. The smallest absolute Gasteiger partial charge is 0.279 e. The van der Waals surface area contributed by atoms with Crippen LogP contribution in [0.5, 0.6) is 0 Å². The van der Waals surface area contributed by atoms with Crippen LogP contribution in [0.2, 0.25) is 0 Å². The van der Waals surface area contributed by atoms with Crippen LogP contribution in [0.15, 0.2) is 24.3 Å². The van der Waals surface area contributed by atoms with E-state index in [0.717, 1.165) is 11.3 Å². The summed E-state index contributed by atoms with van der Waals surface area (Å²) in [6.07, 6.45) is 0.863. The predicted molar refractivity (Wildman–Crippen MR) is 117 cm³/mol. The lowest BCUT2D eigenvalue weighted by atomic mass is 9.82. The third-order valence-electron chi connectivity index (χ3n) is 4.26. The number of nitrogens with one attached hydrogen (secondary N) is 4. The van der Waals surface area contributed by atoms with Crippen LogP contribution in [-0.2, 0) is 14.4 Å². The van der Waals surface area contributed by atoms with Crippen LogP contribution < -0.4 is 20.9 Å². The number of carbonyl (C=O) groups excluding carboxylic acids is 3. The molecule has 1 aromatic carbocycles. The summed E-state index contributed by atoms with van der Waals surface area (Å²) in [4.78, 5) is 36.8. The molecule has 0 aromatic heterocycles. The molecule has 0 spiro atoms. The summed E-state index contributed by atoms with van der Waals surface area (Å²) < 4.78 is 0. The summed E-state index contributed by atoms with van der Waals surface area (Å²) in [5.74, 6) is -0.354. The van der Waals surface area contributed by atoms with E-state index in [4.69, 9.17) is 0 Å². The van der Waals surface area contributed by atoms with Crippen molar-refractivity contribution >= 4 is 29.1 Å². The maximum atomic E-state index is 12.5. The quantitative estimate of drug-likeness (QED) is 0.505. The molecule has 0 saturated carbocycles. The highest BCUT2D eigenvalue weighted by Gasteiger charge is 2.28. The van der Waals surface area contributed by atoms with Gasteiger partial charge in [-0.2, -0.15) is 0 Å². The van der Waals surface area contributed by atoms with Gasteiger partial charge < -0.3 is 20.9 Å². The number of hydrogen-bond acceptors (Lipinski definition) is 3. The lowest BCUT2D eigenvalue weighted by molar-refractivity contribution is -0.881. The average molecular weight is 406 g/mol. The van der Waals surface area contributed by atoms with E-state index in [1.165, 1.54) is 6.92 Å². The second-order valence-corrected chi connectivity index (χ2v) is 9.43. The van der Waals surface area contributed by atoms with Gasteiger partial charge in [0.2, 0.25) is 5.91 Å². The van der Waals surface area contributed by atoms with E-state index in [1.54, 1.807) is 24.3 Å². The largest absolute Gasteiger partial charge is 0.346 e. The summed E-state index contributed by atoms with van der Waals surface area (Å²) in [6, 6.07) is 6.92. The van der Waals surface area contributed by atoms with Crippen molar-refractivity contribution in [2.24, 2.45) is 5.41 Å². The molecule has 1 rings (SSSR count). The van der Waals surface area contributed by atoms with E-state index in [2.05, 4.69) is 36.7 Å². The second kappa shape index (κ2) is 10.4. The Morgan fingerprint density at radius 2 is 1.34 bits per heavy atom. The van der Waals surface area contributed by atoms with Gasteiger partial charge in [-0.25, -0.2) is 0 Å². The zero-order chi connectivity index (χ0) is 22.2. The third kappa shape index (κ3) is 10.6. The lowest BCUT2D eigenvalue weighted by Crippen LogP contribution is -3.14. The second-order valence-electron chi connectivity index (χ2n) is 9.43. The molecule has 0 aliphatic rings. The van der Waals surface area contributed by atoms with Crippen molar-refractivity contribution in [1.82, 2.24) is 5.32 Å². The molecule has 0 radical (unpaired) electrons. The summed E-state index contributed by atoms with van der Waals surface area (Å²) in [6.45, 7) is 15.0. The number of benzene rings is 1. The fourth-order valence-electron chi connectivity index (χ4n) is 3.60. The van der Waals surface area contributed by atoms with Gasteiger partial charge in [-0.15, -0.1) is 0 Å². The Morgan fingerprint density at radius 3 is 1.79 bits per heavy atom. The van der Waals surface area contributed by atoms with Crippen molar-refractivity contribution in [2.45, 2.75) is 60.4 Å². The van der Waals surface area contributed by atoms with Crippen LogP contribution >= 0.6 is 0 Å². The number of rotatable bonds is 9. The fraction of sp³-hybridized carbons (Fsp3) is 0.591. The molecule has 1 atom stereocenters. The van der Waals surface area contributed by atoms with Crippen LogP contribution in [0.25, 0.3) is 0 Å². The maximum Gasteiger partial charge on any atom is 0.279 e. The third-order valence-corrected chi connectivity index (χ3v) is 4.26. The van der Waals surface area contributed by atoms with Gasteiger partial charge >= 0.3 is 0 Å². The summed E-state index contributed by atoms with van der Waals surface area (Å²) in [5.41, 5.74) is 1.14. The van der Waals surface area contributed by atoms with E-state index in [9.17, 15) is 14.4 Å². The molecular weight excluding hydrogens is 368 g/mol. The maximum absolute atomic E-state index is 12.5. The van der Waals surface area contributed by atoms with E-state index >= 15 is 0 Å². The minimum absolute atomic E-state index is 0.0523. The van der Waals surface area contributed by atoms with Gasteiger partial charge in [0.05, 0.1) is 6.54 Å². The highest BCUT2D eigenvalue weighted by Crippen LogP contribution is 2.26. The summed E-state index contributed by atoms with van der Waals surface area (Å²) >= 11 is 0. The van der Waals surface area contributed by atoms with Gasteiger partial charge in [-0.05, 0) is 56.9 Å². The zero-order valence-corrected chi connectivity index (χ0v) is 18.9. The van der Waals surface area contributed by atoms with Crippen molar-refractivity contribution in [1.29, 1.82) is 0 Å². The Bertz CT molecular complexity index is 706. The van der Waals surface area contributed by atoms with Gasteiger partial charge in [-0.1, -0.05) is 20.8 Å². The summed E-state index contributed by atoms with van der Waals surface area (Å²) in [7, 11) is 0.